The first-order valence-corrected chi connectivity index (χ1v) is 8.44. The molecular weight excluding hydrogens is 394 g/mol. The van der Waals surface area contributed by atoms with E-state index < -0.39 is 73.3 Å². The van der Waals surface area contributed by atoms with Gasteiger partial charge in [0.15, 0.2) is 0 Å². The number of primary amides is 1. The number of carboxylic acid groups (broad SMARTS) is 2. The summed E-state index contributed by atoms with van der Waals surface area (Å²) in [6.07, 6.45) is -1.05. The first kappa shape index (κ1) is 25.7. The van der Waals surface area contributed by atoms with E-state index in [0.29, 0.717) is 0 Å². The van der Waals surface area contributed by atoms with E-state index in [0.717, 1.165) is 0 Å². The van der Waals surface area contributed by atoms with Gasteiger partial charge < -0.3 is 42.7 Å². The van der Waals surface area contributed by atoms with E-state index in [1.807, 2.05) is 5.32 Å². The fourth-order valence-corrected chi connectivity index (χ4v) is 1.97. The molecule has 0 bridgehead atoms. The highest BCUT2D eigenvalue weighted by molar-refractivity contribution is 5.93. The molecule has 0 aliphatic rings. The fourth-order valence-electron chi connectivity index (χ4n) is 1.97. The Balaban J connectivity index is 4.84. The minimum Gasteiger partial charge on any atom is -0.481 e. The van der Waals surface area contributed by atoms with E-state index in [-0.39, 0.29) is 19.3 Å². The third-order valence-electron chi connectivity index (χ3n) is 3.56. The molecule has 3 unspecified atom stereocenters. The van der Waals surface area contributed by atoms with Crippen molar-refractivity contribution in [2.75, 3.05) is 13.2 Å². The number of nitrogens with two attached hydrogens (primary N) is 2. The van der Waals surface area contributed by atoms with Gasteiger partial charge in [-0.15, -0.1) is 0 Å². The highest BCUT2D eigenvalue weighted by atomic mass is 16.4. The molecule has 29 heavy (non-hydrogen) atoms. The summed E-state index contributed by atoms with van der Waals surface area (Å²) < 4.78 is 0. The number of aliphatic hydroxyl groups is 1. The van der Waals surface area contributed by atoms with Gasteiger partial charge in [-0.05, 0) is 12.8 Å². The van der Waals surface area contributed by atoms with Crippen molar-refractivity contribution in [3.63, 3.8) is 0 Å². The van der Waals surface area contributed by atoms with Gasteiger partial charge in [-0.1, -0.05) is 0 Å². The van der Waals surface area contributed by atoms with Crippen LogP contribution in [0, 0.1) is 0 Å². The number of hydrogen-bond donors (Lipinski definition) is 8. The van der Waals surface area contributed by atoms with E-state index in [1.54, 1.807) is 0 Å². The summed E-state index contributed by atoms with van der Waals surface area (Å²) in [6, 6.07) is -4.09. The second kappa shape index (κ2) is 13.0. The third kappa shape index (κ3) is 11.2. The van der Waals surface area contributed by atoms with Crippen LogP contribution in [0.1, 0.15) is 25.7 Å². The van der Waals surface area contributed by atoms with Crippen molar-refractivity contribution in [1.29, 1.82) is 0 Å². The van der Waals surface area contributed by atoms with Crippen molar-refractivity contribution >= 4 is 35.6 Å². The maximum atomic E-state index is 12.2. The molecule has 14 nitrogen and oxygen atoms in total. The summed E-state index contributed by atoms with van der Waals surface area (Å²) in [4.78, 5) is 68.1. The molecule has 0 aromatic rings. The molecule has 0 heterocycles. The number of carbonyl (C=O) groups excluding carboxylic acids is 4. The van der Waals surface area contributed by atoms with Crippen LogP contribution in [0.4, 0.5) is 0 Å². The van der Waals surface area contributed by atoms with Gasteiger partial charge in [-0.3, -0.25) is 24.0 Å². The van der Waals surface area contributed by atoms with Crippen LogP contribution in [-0.4, -0.2) is 82.2 Å². The second-order valence-electron chi connectivity index (χ2n) is 5.96. The van der Waals surface area contributed by atoms with Gasteiger partial charge in [0.05, 0.1) is 19.2 Å². The summed E-state index contributed by atoms with van der Waals surface area (Å²) >= 11 is 0. The van der Waals surface area contributed by atoms with Crippen LogP contribution < -0.4 is 27.4 Å². The molecule has 0 rings (SSSR count). The lowest BCUT2D eigenvalue weighted by molar-refractivity contribution is -0.142. The molecule has 0 spiro atoms. The molecule has 0 aliphatic heterocycles. The zero-order valence-electron chi connectivity index (χ0n) is 15.4. The largest absolute Gasteiger partial charge is 0.481 e. The fraction of sp³-hybridized carbons (Fsp3) is 0.600. The number of aliphatic hydroxyl groups excluding tert-OH is 1. The molecule has 0 aromatic carbocycles. The SMILES string of the molecule is NC(=O)CCC(N)C(=O)NC(CCC(=O)O)C(=O)NCC(=O)NC(CO)C(=O)O. The van der Waals surface area contributed by atoms with Crippen molar-refractivity contribution in [1.82, 2.24) is 16.0 Å². The number of rotatable bonds is 14. The maximum Gasteiger partial charge on any atom is 0.328 e. The topological polar surface area (TPSA) is 251 Å². The second-order valence-corrected chi connectivity index (χ2v) is 5.96. The van der Waals surface area contributed by atoms with Crippen LogP contribution in [0.25, 0.3) is 0 Å². The Kier molecular flexibility index (Phi) is 11.5. The van der Waals surface area contributed by atoms with Gasteiger partial charge in [0, 0.05) is 12.8 Å². The van der Waals surface area contributed by atoms with Gasteiger partial charge >= 0.3 is 11.9 Å². The van der Waals surface area contributed by atoms with E-state index in [1.165, 1.54) is 0 Å². The summed E-state index contributed by atoms with van der Waals surface area (Å²) in [7, 11) is 0. The Morgan fingerprint density at radius 1 is 0.862 bits per heavy atom. The Morgan fingerprint density at radius 3 is 1.97 bits per heavy atom. The average Bonchev–Trinajstić information content (AvgIpc) is 2.64. The highest BCUT2D eigenvalue weighted by Gasteiger charge is 2.25. The van der Waals surface area contributed by atoms with Crippen LogP contribution in [0.15, 0.2) is 0 Å². The Bertz CT molecular complexity index is 640. The predicted octanol–water partition coefficient (Wildman–Crippen LogP) is -4.39. The summed E-state index contributed by atoms with van der Waals surface area (Å²) in [5.74, 6) is -6.06. The van der Waals surface area contributed by atoms with Crippen LogP contribution in [-0.2, 0) is 28.8 Å². The van der Waals surface area contributed by atoms with Crippen molar-refractivity contribution in [2.24, 2.45) is 11.5 Å². The normalized spacial score (nSPS) is 13.4. The van der Waals surface area contributed by atoms with Crippen LogP contribution in [0.5, 0.6) is 0 Å². The molecule has 0 radical (unpaired) electrons. The molecule has 164 valence electrons. The highest BCUT2D eigenvalue weighted by Crippen LogP contribution is 2.01. The van der Waals surface area contributed by atoms with Crippen molar-refractivity contribution in [3.8, 4) is 0 Å². The molecule has 14 heteroatoms. The summed E-state index contributed by atoms with van der Waals surface area (Å²) in [5.41, 5.74) is 10.5. The van der Waals surface area contributed by atoms with Gasteiger partial charge in [0.25, 0.3) is 0 Å². The number of nitrogens with one attached hydrogen (secondary N) is 3. The number of aliphatic carboxylic acids is 2. The zero-order chi connectivity index (χ0) is 22.6. The van der Waals surface area contributed by atoms with E-state index in [2.05, 4.69) is 10.6 Å². The first-order chi connectivity index (χ1) is 13.5. The van der Waals surface area contributed by atoms with E-state index in [9.17, 15) is 28.8 Å². The maximum absolute atomic E-state index is 12.2. The minimum absolute atomic E-state index is 0.0887. The lowest BCUT2D eigenvalue weighted by Crippen LogP contribution is -2.54. The van der Waals surface area contributed by atoms with Crippen molar-refractivity contribution in [3.05, 3.63) is 0 Å². The molecule has 0 saturated heterocycles. The molecule has 3 atom stereocenters. The van der Waals surface area contributed by atoms with E-state index in [4.69, 9.17) is 26.8 Å². The van der Waals surface area contributed by atoms with Crippen LogP contribution >= 0.6 is 0 Å². The number of amides is 4. The van der Waals surface area contributed by atoms with Gasteiger partial charge in [-0.25, -0.2) is 4.79 Å². The van der Waals surface area contributed by atoms with Gasteiger partial charge in [-0.2, -0.15) is 0 Å². The number of carboxylic acids is 2. The Hall–Kier alpha value is -3.26. The Labute approximate surface area is 165 Å². The van der Waals surface area contributed by atoms with Crippen LogP contribution in [0.3, 0.4) is 0 Å². The Morgan fingerprint density at radius 2 is 1.48 bits per heavy atom. The molecule has 4 amide bonds. The smallest absolute Gasteiger partial charge is 0.328 e. The van der Waals surface area contributed by atoms with Crippen molar-refractivity contribution < 1.29 is 44.1 Å². The molecule has 0 aromatic heterocycles. The third-order valence-corrected chi connectivity index (χ3v) is 3.56. The summed E-state index contributed by atoms with van der Waals surface area (Å²) in [5, 5.41) is 32.6. The van der Waals surface area contributed by atoms with Crippen molar-refractivity contribution in [2.45, 2.75) is 43.8 Å². The lowest BCUT2D eigenvalue weighted by Gasteiger charge is -2.20. The molecule has 10 N–H and O–H groups in total. The van der Waals surface area contributed by atoms with Crippen LogP contribution in [0.2, 0.25) is 0 Å². The quantitative estimate of drug-likeness (QED) is 0.134. The summed E-state index contributed by atoms with van der Waals surface area (Å²) in [6.45, 7) is -1.55. The minimum atomic E-state index is -1.56. The molecular formula is C15H25N5O9. The van der Waals surface area contributed by atoms with E-state index >= 15 is 0 Å². The number of carbonyl (C=O) groups is 6. The zero-order valence-corrected chi connectivity index (χ0v) is 15.4. The predicted molar refractivity (Wildman–Crippen MR) is 94.9 cm³/mol. The molecule has 0 aliphatic carbocycles. The number of hydrogen-bond acceptors (Lipinski definition) is 8. The van der Waals surface area contributed by atoms with Gasteiger partial charge in [0.2, 0.25) is 23.6 Å². The lowest BCUT2D eigenvalue weighted by atomic mass is 10.1. The first-order valence-electron chi connectivity index (χ1n) is 8.44. The molecule has 0 fully saturated rings. The standard InChI is InChI=1S/C15H25N5O9/c16-7(1-3-10(17)22)13(26)20-8(2-4-12(24)25)14(27)18-5-11(23)19-9(6-21)15(28)29/h7-9,21H,1-6,16H2,(H2,17,22)(H,18,27)(H,19,23)(H,20,26)(H,24,25)(H,28,29). The van der Waals surface area contributed by atoms with Gasteiger partial charge in [0.1, 0.15) is 12.1 Å². The average molecular weight is 419 g/mol. The monoisotopic (exact) mass is 419 g/mol. The molecule has 0 saturated carbocycles.